The van der Waals surface area contributed by atoms with Crippen LogP contribution < -0.4 is 10.6 Å². The molecule has 0 saturated heterocycles. The van der Waals surface area contributed by atoms with E-state index in [0.717, 1.165) is 11.0 Å². The van der Waals surface area contributed by atoms with Crippen LogP contribution in [0.3, 0.4) is 0 Å². The highest BCUT2D eigenvalue weighted by Gasteiger charge is 2.12. The Labute approximate surface area is 80.5 Å². The van der Waals surface area contributed by atoms with Crippen LogP contribution in [0, 0.1) is 0 Å². The molecule has 0 fully saturated rings. The molecule has 1 unspecified atom stereocenters. The van der Waals surface area contributed by atoms with E-state index in [4.69, 9.17) is 0 Å². The van der Waals surface area contributed by atoms with Crippen LogP contribution in [-0.2, 0) is 0 Å². The summed E-state index contributed by atoms with van der Waals surface area (Å²) in [7, 11) is 0. The van der Waals surface area contributed by atoms with Crippen LogP contribution in [0.1, 0.15) is 6.92 Å². The molecule has 2 nitrogen and oxygen atoms in total. The Bertz CT molecular complexity index is 299. The molecular weight excluding hydrogens is 216 g/mol. The summed E-state index contributed by atoms with van der Waals surface area (Å²) >= 11 is 3.44. The zero-order valence-electron chi connectivity index (χ0n) is 6.89. The quantitative estimate of drug-likeness (QED) is 0.711. The average molecular weight is 227 g/mol. The molecule has 1 aliphatic heterocycles. The summed E-state index contributed by atoms with van der Waals surface area (Å²) in [6.07, 6.45) is 0. The first kappa shape index (κ1) is 7.92. The molecule has 0 amide bonds. The SMILES string of the molecule is CC1CNc2ccc(Br)cc2N1. The van der Waals surface area contributed by atoms with Crippen LogP contribution in [0.4, 0.5) is 11.4 Å². The van der Waals surface area contributed by atoms with E-state index in [1.165, 1.54) is 11.4 Å². The summed E-state index contributed by atoms with van der Waals surface area (Å²) in [6, 6.07) is 6.73. The third-order valence-electron chi connectivity index (χ3n) is 1.98. The minimum Gasteiger partial charge on any atom is -0.381 e. The predicted molar refractivity (Wildman–Crippen MR) is 55.7 cm³/mol. The third kappa shape index (κ3) is 1.41. The van der Waals surface area contributed by atoms with Crippen LogP contribution in [0.25, 0.3) is 0 Å². The molecule has 0 saturated carbocycles. The Morgan fingerprint density at radius 1 is 1.42 bits per heavy atom. The zero-order valence-corrected chi connectivity index (χ0v) is 8.48. The van der Waals surface area contributed by atoms with Crippen LogP contribution in [0.5, 0.6) is 0 Å². The minimum atomic E-state index is 0.506. The van der Waals surface area contributed by atoms with E-state index in [9.17, 15) is 0 Å². The Morgan fingerprint density at radius 2 is 2.25 bits per heavy atom. The number of halogens is 1. The smallest absolute Gasteiger partial charge is 0.0590 e. The molecule has 1 heterocycles. The van der Waals surface area contributed by atoms with Crippen molar-refractivity contribution < 1.29 is 0 Å². The van der Waals surface area contributed by atoms with Gasteiger partial charge in [0.05, 0.1) is 11.4 Å². The molecule has 1 atom stereocenters. The molecule has 2 N–H and O–H groups in total. The van der Waals surface area contributed by atoms with Gasteiger partial charge in [0, 0.05) is 17.1 Å². The fourth-order valence-corrected chi connectivity index (χ4v) is 1.73. The molecular formula is C9H11BrN2. The van der Waals surface area contributed by atoms with Crippen molar-refractivity contribution in [3.63, 3.8) is 0 Å². The van der Waals surface area contributed by atoms with Crippen LogP contribution in [-0.4, -0.2) is 12.6 Å². The van der Waals surface area contributed by atoms with Gasteiger partial charge in [-0.25, -0.2) is 0 Å². The Kier molecular flexibility index (Phi) is 1.97. The van der Waals surface area contributed by atoms with Crippen molar-refractivity contribution in [1.82, 2.24) is 0 Å². The molecule has 0 radical (unpaired) electrons. The molecule has 0 aliphatic carbocycles. The maximum Gasteiger partial charge on any atom is 0.0590 e. The second-order valence-corrected chi connectivity index (χ2v) is 4.03. The second-order valence-electron chi connectivity index (χ2n) is 3.12. The standard InChI is InChI=1S/C9H11BrN2/c1-6-5-11-8-3-2-7(10)4-9(8)12-6/h2-4,6,11-12H,5H2,1H3. The zero-order chi connectivity index (χ0) is 8.55. The number of fused-ring (bicyclic) bond motifs is 1. The maximum atomic E-state index is 3.44. The van der Waals surface area contributed by atoms with Gasteiger partial charge in [0.15, 0.2) is 0 Å². The summed E-state index contributed by atoms with van der Waals surface area (Å²) in [5.74, 6) is 0. The molecule has 0 spiro atoms. The van der Waals surface area contributed by atoms with Crippen molar-refractivity contribution in [1.29, 1.82) is 0 Å². The van der Waals surface area contributed by atoms with Gasteiger partial charge in [-0.2, -0.15) is 0 Å². The molecule has 0 aromatic heterocycles. The predicted octanol–water partition coefficient (Wildman–Crippen LogP) is 2.67. The summed E-state index contributed by atoms with van der Waals surface area (Å²) in [5.41, 5.74) is 2.37. The molecule has 1 aliphatic rings. The molecule has 1 aromatic rings. The van der Waals surface area contributed by atoms with Crippen molar-refractivity contribution >= 4 is 27.3 Å². The number of hydrogen-bond acceptors (Lipinski definition) is 2. The van der Waals surface area contributed by atoms with Gasteiger partial charge in [0.2, 0.25) is 0 Å². The Hall–Kier alpha value is -0.700. The van der Waals surface area contributed by atoms with Gasteiger partial charge in [-0.05, 0) is 25.1 Å². The van der Waals surface area contributed by atoms with E-state index in [-0.39, 0.29) is 0 Å². The van der Waals surface area contributed by atoms with Crippen LogP contribution in [0.15, 0.2) is 22.7 Å². The topological polar surface area (TPSA) is 24.1 Å². The van der Waals surface area contributed by atoms with E-state index in [0.29, 0.717) is 6.04 Å². The van der Waals surface area contributed by atoms with Crippen LogP contribution >= 0.6 is 15.9 Å². The molecule has 3 heteroatoms. The molecule has 64 valence electrons. The lowest BCUT2D eigenvalue weighted by atomic mass is 10.2. The van der Waals surface area contributed by atoms with Crippen molar-refractivity contribution in [2.45, 2.75) is 13.0 Å². The first-order valence-corrected chi connectivity index (χ1v) is 4.85. The van der Waals surface area contributed by atoms with E-state index >= 15 is 0 Å². The van der Waals surface area contributed by atoms with Crippen molar-refractivity contribution in [3.05, 3.63) is 22.7 Å². The van der Waals surface area contributed by atoms with E-state index < -0.39 is 0 Å². The first-order chi connectivity index (χ1) is 5.75. The summed E-state index contributed by atoms with van der Waals surface area (Å²) in [6.45, 7) is 3.16. The third-order valence-corrected chi connectivity index (χ3v) is 2.48. The normalized spacial score (nSPS) is 20.7. The Morgan fingerprint density at radius 3 is 3.08 bits per heavy atom. The molecule has 2 rings (SSSR count). The van der Waals surface area contributed by atoms with Gasteiger partial charge in [-0.15, -0.1) is 0 Å². The highest BCUT2D eigenvalue weighted by atomic mass is 79.9. The number of rotatable bonds is 0. The highest BCUT2D eigenvalue weighted by molar-refractivity contribution is 9.10. The summed E-state index contributed by atoms with van der Waals surface area (Å²) in [5, 5.41) is 6.76. The number of benzene rings is 1. The van der Waals surface area contributed by atoms with Gasteiger partial charge in [0.1, 0.15) is 0 Å². The fraction of sp³-hybridized carbons (Fsp3) is 0.333. The summed E-state index contributed by atoms with van der Waals surface area (Å²) < 4.78 is 1.12. The monoisotopic (exact) mass is 226 g/mol. The molecule has 1 aromatic carbocycles. The van der Waals surface area contributed by atoms with E-state index in [1.54, 1.807) is 0 Å². The van der Waals surface area contributed by atoms with Crippen molar-refractivity contribution in [3.8, 4) is 0 Å². The van der Waals surface area contributed by atoms with Crippen molar-refractivity contribution in [2.75, 3.05) is 17.2 Å². The highest BCUT2D eigenvalue weighted by Crippen LogP contribution is 2.28. The average Bonchev–Trinajstić information content (AvgIpc) is 2.03. The minimum absolute atomic E-state index is 0.506. The molecule has 0 bridgehead atoms. The summed E-state index contributed by atoms with van der Waals surface area (Å²) in [4.78, 5) is 0. The van der Waals surface area contributed by atoms with Gasteiger partial charge in [-0.3, -0.25) is 0 Å². The van der Waals surface area contributed by atoms with Crippen LogP contribution in [0.2, 0.25) is 0 Å². The lowest BCUT2D eigenvalue weighted by molar-refractivity contribution is 0.817. The van der Waals surface area contributed by atoms with Gasteiger partial charge in [0.25, 0.3) is 0 Å². The largest absolute Gasteiger partial charge is 0.381 e. The fourth-order valence-electron chi connectivity index (χ4n) is 1.37. The second kappa shape index (κ2) is 2.98. The molecule has 12 heavy (non-hydrogen) atoms. The number of anilines is 2. The van der Waals surface area contributed by atoms with Gasteiger partial charge >= 0.3 is 0 Å². The Balaban J connectivity index is 2.37. The van der Waals surface area contributed by atoms with Gasteiger partial charge in [-0.1, -0.05) is 15.9 Å². The lowest BCUT2D eigenvalue weighted by Gasteiger charge is -2.25. The van der Waals surface area contributed by atoms with E-state index in [1.807, 2.05) is 6.07 Å². The lowest BCUT2D eigenvalue weighted by Crippen LogP contribution is -2.29. The number of hydrogen-bond donors (Lipinski definition) is 2. The maximum absolute atomic E-state index is 3.44. The van der Waals surface area contributed by atoms with E-state index in [2.05, 4.69) is 45.6 Å². The first-order valence-electron chi connectivity index (χ1n) is 4.05. The van der Waals surface area contributed by atoms with Gasteiger partial charge < -0.3 is 10.6 Å². The van der Waals surface area contributed by atoms with Crippen molar-refractivity contribution in [2.24, 2.45) is 0 Å². The number of nitrogens with one attached hydrogen (secondary N) is 2.